The lowest BCUT2D eigenvalue weighted by atomic mass is 9.93. The van der Waals surface area contributed by atoms with E-state index >= 15 is 0 Å². The zero-order valence-electron chi connectivity index (χ0n) is 13.7. The predicted molar refractivity (Wildman–Crippen MR) is 88.7 cm³/mol. The van der Waals surface area contributed by atoms with E-state index in [0.717, 1.165) is 31.1 Å². The van der Waals surface area contributed by atoms with Crippen molar-refractivity contribution in [2.45, 2.75) is 26.9 Å². The second-order valence-electron chi connectivity index (χ2n) is 6.44. The van der Waals surface area contributed by atoms with E-state index in [0.29, 0.717) is 6.54 Å². The fraction of sp³-hybridized carbons (Fsp3) is 0.444. The van der Waals surface area contributed by atoms with Gasteiger partial charge in [-0.25, -0.2) is 0 Å². The monoisotopic (exact) mass is 302 g/mol. The zero-order valence-corrected chi connectivity index (χ0v) is 13.7. The Morgan fingerprint density at radius 1 is 1.18 bits per heavy atom. The summed E-state index contributed by atoms with van der Waals surface area (Å²) in [6.07, 6.45) is 1.72. The Balaban J connectivity index is 2.12. The minimum absolute atomic E-state index is 0.0610. The number of ether oxygens (including phenoxy) is 1. The molecule has 0 spiro atoms. The molecule has 0 unspecified atom stereocenters. The quantitative estimate of drug-likeness (QED) is 0.813. The number of benzene rings is 1. The van der Waals surface area contributed by atoms with Gasteiger partial charge in [-0.1, -0.05) is 26.0 Å². The molecule has 1 heterocycles. The Morgan fingerprint density at radius 3 is 2.64 bits per heavy atom. The molecule has 22 heavy (non-hydrogen) atoms. The molecule has 120 valence electrons. The molecular formula is C18H26N2O2. The van der Waals surface area contributed by atoms with E-state index in [1.165, 1.54) is 5.56 Å². The number of rotatable bonds is 8. The van der Waals surface area contributed by atoms with Gasteiger partial charge < -0.3 is 14.9 Å². The standard InChI is InChI=1S/C18H26N2O2/c1-18(2,13-19)14-20(12-17-8-5-9-22-17)11-15-6-4-7-16(10-15)21-3/h4-10H,11-14,19H2,1-3H3. The van der Waals surface area contributed by atoms with Crippen LogP contribution in [0, 0.1) is 5.41 Å². The van der Waals surface area contributed by atoms with E-state index in [1.807, 2.05) is 24.3 Å². The minimum atomic E-state index is 0.0610. The highest BCUT2D eigenvalue weighted by atomic mass is 16.5. The SMILES string of the molecule is COc1cccc(CN(Cc2ccco2)CC(C)(C)CN)c1. The van der Waals surface area contributed by atoms with E-state index in [2.05, 4.69) is 30.9 Å². The van der Waals surface area contributed by atoms with Crippen LogP contribution in [0.4, 0.5) is 0 Å². The summed E-state index contributed by atoms with van der Waals surface area (Å²) < 4.78 is 10.8. The summed E-state index contributed by atoms with van der Waals surface area (Å²) in [6.45, 7) is 7.54. The van der Waals surface area contributed by atoms with Crippen LogP contribution in [0.3, 0.4) is 0 Å². The summed E-state index contributed by atoms with van der Waals surface area (Å²) in [7, 11) is 1.69. The molecule has 2 N–H and O–H groups in total. The second kappa shape index (κ2) is 7.47. The molecule has 1 aromatic carbocycles. The number of hydrogen-bond acceptors (Lipinski definition) is 4. The van der Waals surface area contributed by atoms with Gasteiger partial charge in [0.1, 0.15) is 11.5 Å². The molecule has 0 aliphatic rings. The van der Waals surface area contributed by atoms with Crippen LogP contribution in [0.5, 0.6) is 5.75 Å². The van der Waals surface area contributed by atoms with Crippen molar-refractivity contribution in [2.75, 3.05) is 20.2 Å². The van der Waals surface area contributed by atoms with Crippen molar-refractivity contribution in [1.82, 2.24) is 4.90 Å². The molecule has 2 rings (SSSR count). The first-order valence-corrected chi connectivity index (χ1v) is 7.60. The maximum absolute atomic E-state index is 5.90. The van der Waals surface area contributed by atoms with Crippen LogP contribution in [0.25, 0.3) is 0 Å². The molecule has 0 radical (unpaired) electrons. The van der Waals surface area contributed by atoms with Crippen molar-refractivity contribution in [3.63, 3.8) is 0 Å². The lowest BCUT2D eigenvalue weighted by Gasteiger charge is -2.31. The Bertz CT molecular complexity index is 564. The van der Waals surface area contributed by atoms with Crippen molar-refractivity contribution in [3.8, 4) is 5.75 Å². The molecule has 0 aliphatic carbocycles. The summed E-state index contributed by atoms with van der Waals surface area (Å²) in [6, 6.07) is 12.1. The number of nitrogens with two attached hydrogens (primary N) is 1. The van der Waals surface area contributed by atoms with Gasteiger partial charge in [-0.3, -0.25) is 4.90 Å². The molecule has 4 nitrogen and oxygen atoms in total. The fourth-order valence-corrected chi connectivity index (χ4v) is 2.49. The largest absolute Gasteiger partial charge is 0.497 e. The Hall–Kier alpha value is -1.78. The highest BCUT2D eigenvalue weighted by Gasteiger charge is 2.21. The minimum Gasteiger partial charge on any atom is -0.497 e. The zero-order chi connectivity index (χ0) is 16.0. The highest BCUT2D eigenvalue weighted by Crippen LogP contribution is 2.21. The first kappa shape index (κ1) is 16.6. The van der Waals surface area contributed by atoms with Crippen LogP contribution < -0.4 is 10.5 Å². The van der Waals surface area contributed by atoms with Crippen LogP contribution in [-0.4, -0.2) is 25.1 Å². The maximum atomic E-state index is 5.90. The Labute approximate surface area is 132 Å². The molecule has 1 aromatic heterocycles. The third-order valence-electron chi connectivity index (χ3n) is 3.70. The van der Waals surface area contributed by atoms with Gasteiger partial charge in [-0.2, -0.15) is 0 Å². The second-order valence-corrected chi connectivity index (χ2v) is 6.44. The van der Waals surface area contributed by atoms with Crippen molar-refractivity contribution in [3.05, 3.63) is 54.0 Å². The molecular weight excluding hydrogens is 276 g/mol. The first-order valence-electron chi connectivity index (χ1n) is 7.60. The first-order chi connectivity index (χ1) is 10.5. The fourth-order valence-electron chi connectivity index (χ4n) is 2.49. The van der Waals surface area contributed by atoms with E-state index < -0.39 is 0 Å². The topological polar surface area (TPSA) is 51.6 Å². The van der Waals surface area contributed by atoms with Crippen molar-refractivity contribution < 1.29 is 9.15 Å². The van der Waals surface area contributed by atoms with Crippen LogP contribution in [0.15, 0.2) is 47.1 Å². The molecule has 2 aromatic rings. The summed E-state index contributed by atoms with van der Waals surface area (Å²) in [5, 5.41) is 0. The van der Waals surface area contributed by atoms with Crippen LogP contribution in [0.2, 0.25) is 0 Å². The normalized spacial score (nSPS) is 11.9. The molecule has 0 amide bonds. The molecule has 0 bridgehead atoms. The average Bonchev–Trinajstić information content (AvgIpc) is 3.00. The van der Waals surface area contributed by atoms with Gasteiger partial charge in [0, 0.05) is 13.1 Å². The van der Waals surface area contributed by atoms with Crippen molar-refractivity contribution in [1.29, 1.82) is 0 Å². The summed E-state index contributed by atoms with van der Waals surface area (Å²) in [4.78, 5) is 2.36. The van der Waals surface area contributed by atoms with E-state index in [1.54, 1.807) is 13.4 Å². The highest BCUT2D eigenvalue weighted by molar-refractivity contribution is 5.28. The van der Waals surface area contributed by atoms with E-state index in [-0.39, 0.29) is 5.41 Å². The molecule has 4 heteroatoms. The molecule has 0 saturated carbocycles. The van der Waals surface area contributed by atoms with Crippen LogP contribution in [0.1, 0.15) is 25.2 Å². The Kier molecular flexibility index (Phi) is 5.63. The Morgan fingerprint density at radius 2 is 2.00 bits per heavy atom. The van der Waals surface area contributed by atoms with E-state index in [9.17, 15) is 0 Å². The predicted octanol–water partition coefficient (Wildman–Crippen LogP) is 3.28. The molecule has 0 atom stereocenters. The third kappa shape index (κ3) is 4.90. The van der Waals surface area contributed by atoms with Gasteiger partial charge in [0.15, 0.2) is 0 Å². The number of furan rings is 1. The molecule has 0 saturated heterocycles. The number of methoxy groups -OCH3 is 1. The van der Waals surface area contributed by atoms with E-state index in [4.69, 9.17) is 14.9 Å². The van der Waals surface area contributed by atoms with Crippen LogP contribution in [-0.2, 0) is 13.1 Å². The van der Waals surface area contributed by atoms with Gasteiger partial charge in [0.05, 0.1) is 19.9 Å². The van der Waals surface area contributed by atoms with Gasteiger partial charge in [-0.05, 0) is 41.8 Å². The molecule has 0 fully saturated rings. The van der Waals surface area contributed by atoms with Gasteiger partial charge in [-0.15, -0.1) is 0 Å². The average molecular weight is 302 g/mol. The van der Waals surface area contributed by atoms with Gasteiger partial charge in [0.2, 0.25) is 0 Å². The van der Waals surface area contributed by atoms with Crippen molar-refractivity contribution >= 4 is 0 Å². The number of nitrogens with zero attached hydrogens (tertiary/aromatic N) is 1. The third-order valence-corrected chi connectivity index (χ3v) is 3.70. The smallest absolute Gasteiger partial charge is 0.119 e. The maximum Gasteiger partial charge on any atom is 0.119 e. The lowest BCUT2D eigenvalue weighted by molar-refractivity contribution is 0.158. The van der Waals surface area contributed by atoms with Gasteiger partial charge in [0.25, 0.3) is 0 Å². The summed E-state index contributed by atoms with van der Waals surface area (Å²) in [5.41, 5.74) is 7.18. The number of hydrogen-bond donors (Lipinski definition) is 1. The van der Waals surface area contributed by atoms with Gasteiger partial charge >= 0.3 is 0 Å². The van der Waals surface area contributed by atoms with Crippen molar-refractivity contribution in [2.24, 2.45) is 11.1 Å². The molecule has 0 aliphatic heterocycles. The summed E-state index contributed by atoms with van der Waals surface area (Å²) >= 11 is 0. The summed E-state index contributed by atoms with van der Waals surface area (Å²) in [5.74, 6) is 1.85. The van der Waals surface area contributed by atoms with Crippen LogP contribution >= 0.6 is 0 Å². The lowest BCUT2D eigenvalue weighted by Crippen LogP contribution is -2.38.